The minimum absolute atomic E-state index is 0.159. The summed E-state index contributed by atoms with van der Waals surface area (Å²) in [5, 5.41) is 13.1. The molecule has 0 bridgehead atoms. The number of thiophene rings is 1. The minimum Gasteiger partial charge on any atom is -0.495 e. The molecule has 1 aliphatic rings. The van der Waals surface area contributed by atoms with Gasteiger partial charge in [-0.15, -0.1) is 11.3 Å². The van der Waals surface area contributed by atoms with Crippen molar-refractivity contribution in [3.8, 4) is 5.75 Å². The average Bonchev–Trinajstić information content (AvgIpc) is 2.78. The van der Waals surface area contributed by atoms with E-state index in [9.17, 15) is 9.90 Å². The summed E-state index contributed by atoms with van der Waals surface area (Å²) in [6.45, 7) is 0.323. The molecule has 0 radical (unpaired) electrons. The Morgan fingerprint density at radius 1 is 1.53 bits per heavy atom. The quantitative estimate of drug-likeness (QED) is 0.880. The van der Waals surface area contributed by atoms with Crippen LogP contribution in [-0.4, -0.2) is 30.3 Å². The number of carbonyl (C=O) groups is 1. The van der Waals surface area contributed by atoms with Crippen molar-refractivity contribution >= 4 is 33.2 Å². The normalized spacial score (nSPS) is 18.1. The Kier molecular flexibility index (Phi) is 4.86. The molecule has 6 heteroatoms. The SMILES string of the molecule is COc1cc(C(=O)NCC2(O)CCCCC2)sc1Br. The number of carbonyl (C=O) groups excluding carboxylic acids is 1. The second-order valence-corrected chi connectivity index (χ2v) is 7.29. The van der Waals surface area contributed by atoms with E-state index in [0.717, 1.165) is 29.5 Å². The van der Waals surface area contributed by atoms with E-state index in [4.69, 9.17) is 4.74 Å². The third kappa shape index (κ3) is 3.70. The van der Waals surface area contributed by atoms with Crippen LogP contribution in [0.25, 0.3) is 0 Å². The number of hydrogen-bond donors (Lipinski definition) is 2. The molecule has 0 aliphatic heterocycles. The highest BCUT2D eigenvalue weighted by Crippen LogP contribution is 2.34. The van der Waals surface area contributed by atoms with Gasteiger partial charge in [0.15, 0.2) is 0 Å². The predicted molar refractivity (Wildman–Crippen MR) is 78.9 cm³/mol. The lowest BCUT2D eigenvalue weighted by Crippen LogP contribution is -2.44. The average molecular weight is 348 g/mol. The van der Waals surface area contributed by atoms with E-state index >= 15 is 0 Å². The van der Waals surface area contributed by atoms with E-state index < -0.39 is 5.60 Å². The van der Waals surface area contributed by atoms with Gasteiger partial charge < -0.3 is 15.2 Å². The first kappa shape index (κ1) is 14.8. The Morgan fingerprint density at radius 3 is 2.79 bits per heavy atom. The number of amides is 1. The Labute approximate surface area is 125 Å². The van der Waals surface area contributed by atoms with Crippen molar-refractivity contribution in [1.82, 2.24) is 5.32 Å². The molecule has 1 aromatic rings. The molecule has 19 heavy (non-hydrogen) atoms. The van der Waals surface area contributed by atoms with E-state index in [-0.39, 0.29) is 5.91 Å². The van der Waals surface area contributed by atoms with Gasteiger partial charge in [-0.1, -0.05) is 19.3 Å². The lowest BCUT2D eigenvalue weighted by molar-refractivity contribution is 0.00529. The van der Waals surface area contributed by atoms with Crippen molar-refractivity contribution in [2.45, 2.75) is 37.7 Å². The van der Waals surface area contributed by atoms with Gasteiger partial charge in [-0.25, -0.2) is 0 Å². The van der Waals surface area contributed by atoms with Gasteiger partial charge in [-0.3, -0.25) is 4.79 Å². The van der Waals surface area contributed by atoms with Crippen LogP contribution >= 0.6 is 27.3 Å². The van der Waals surface area contributed by atoms with Crippen LogP contribution in [0, 0.1) is 0 Å². The smallest absolute Gasteiger partial charge is 0.261 e. The van der Waals surface area contributed by atoms with E-state index in [0.29, 0.717) is 17.2 Å². The summed E-state index contributed by atoms with van der Waals surface area (Å²) < 4.78 is 5.93. The number of rotatable bonds is 4. The van der Waals surface area contributed by atoms with Crippen molar-refractivity contribution in [1.29, 1.82) is 0 Å². The topological polar surface area (TPSA) is 58.6 Å². The van der Waals surface area contributed by atoms with Gasteiger partial charge in [0.2, 0.25) is 0 Å². The lowest BCUT2D eigenvalue weighted by atomic mass is 9.85. The summed E-state index contributed by atoms with van der Waals surface area (Å²) in [6, 6.07) is 1.70. The number of halogens is 1. The van der Waals surface area contributed by atoms with Crippen LogP contribution in [0.5, 0.6) is 5.75 Å². The summed E-state index contributed by atoms with van der Waals surface area (Å²) in [5.74, 6) is 0.500. The number of hydrogen-bond acceptors (Lipinski definition) is 4. The highest BCUT2D eigenvalue weighted by Gasteiger charge is 2.29. The molecule has 0 saturated heterocycles. The molecular formula is C13H18BrNO3S. The molecule has 1 fully saturated rings. The molecule has 106 valence electrons. The van der Waals surface area contributed by atoms with Crippen LogP contribution < -0.4 is 10.1 Å². The summed E-state index contributed by atoms with van der Waals surface area (Å²) in [5.41, 5.74) is -0.730. The molecule has 0 atom stereocenters. The molecule has 2 rings (SSSR count). The van der Waals surface area contributed by atoms with Crippen LogP contribution in [0.15, 0.2) is 9.85 Å². The fourth-order valence-electron chi connectivity index (χ4n) is 2.32. The van der Waals surface area contributed by atoms with Gasteiger partial charge >= 0.3 is 0 Å². The Bertz CT molecular complexity index is 455. The summed E-state index contributed by atoms with van der Waals surface area (Å²) in [6.07, 6.45) is 4.77. The fourth-order valence-corrected chi connectivity index (χ4v) is 3.89. The Morgan fingerprint density at radius 2 is 2.21 bits per heavy atom. The largest absolute Gasteiger partial charge is 0.495 e. The second-order valence-electron chi connectivity index (χ2n) is 4.92. The zero-order valence-corrected chi connectivity index (χ0v) is 13.3. The minimum atomic E-state index is -0.730. The van der Waals surface area contributed by atoms with Crippen molar-refractivity contribution in [2.24, 2.45) is 0 Å². The highest BCUT2D eigenvalue weighted by molar-refractivity contribution is 9.11. The predicted octanol–water partition coefficient (Wildman–Crippen LogP) is 2.94. The van der Waals surface area contributed by atoms with Crippen LogP contribution in [0.2, 0.25) is 0 Å². The molecule has 1 heterocycles. The fraction of sp³-hybridized carbons (Fsp3) is 0.615. The van der Waals surface area contributed by atoms with Crippen molar-refractivity contribution in [2.75, 3.05) is 13.7 Å². The number of aliphatic hydroxyl groups is 1. The molecule has 0 aromatic carbocycles. The van der Waals surface area contributed by atoms with E-state index in [1.807, 2.05) is 0 Å². The zero-order valence-electron chi connectivity index (χ0n) is 10.9. The Balaban J connectivity index is 1.93. The highest BCUT2D eigenvalue weighted by atomic mass is 79.9. The summed E-state index contributed by atoms with van der Waals surface area (Å²) in [4.78, 5) is 12.6. The third-order valence-corrected chi connectivity index (χ3v) is 5.24. The van der Waals surface area contributed by atoms with Crippen molar-refractivity contribution < 1.29 is 14.6 Å². The summed E-state index contributed by atoms with van der Waals surface area (Å²) in [7, 11) is 1.57. The lowest BCUT2D eigenvalue weighted by Gasteiger charge is -2.32. The molecule has 0 unspecified atom stereocenters. The van der Waals surface area contributed by atoms with Gasteiger partial charge in [0.25, 0.3) is 5.91 Å². The van der Waals surface area contributed by atoms with Crippen molar-refractivity contribution in [3.63, 3.8) is 0 Å². The molecule has 2 N–H and O–H groups in total. The molecule has 0 spiro atoms. The molecular weight excluding hydrogens is 330 g/mol. The van der Waals surface area contributed by atoms with E-state index in [1.54, 1.807) is 13.2 Å². The maximum absolute atomic E-state index is 12.0. The standard InChI is InChI=1S/C13H18BrNO3S/c1-18-9-7-10(19-11(9)14)12(16)15-8-13(17)5-3-2-4-6-13/h7,17H,2-6,8H2,1H3,(H,15,16). The van der Waals surface area contributed by atoms with Gasteiger partial charge in [0.1, 0.15) is 9.54 Å². The van der Waals surface area contributed by atoms with Crippen molar-refractivity contribution in [3.05, 3.63) is 14.7 Å². The van der Waals surface area contributed by atoms with Crippen LogP contribution in [0.1, 0.15) is 41.8 Å². The molecule has 4 nitrogen and oxygen atoms in total. The monoisotopic (exact) mass is 347 g/mol. The molecule has 1 aliphatic carbocycles. The van der Waals surface area contributed by atoms with E-state index in [1.165, 1.54) is 17.8 Å². The number of ether oxygens (including phenoxy) is 1. The van der Waals surface area contributed by atoms with E-state index in [2.05, 4.69) is 21.2 Å². The second kappa shape index (κ2) is 6.24. The van der Waals surface area contributed by atoms with Crippen LogP contribution in [-0.2, 0) is 0 Å². The zero-order chi connectivity index (χ0) is 13.9. The molecule has 1 aromatic heterocycles. The van der Waals surface area contributed by atoms with Gasteiger partial charge in [0.05, 0.1) is 17.6 Å². The summed E-state index contributed by atoms with van der Waals surface area (Å²) >= 11 is 4.68. The maximum atomic E-state index is 12.0. The number of methoxy groups -OCH3 is 1. The first-order chi connectivity index (χ1) is 9.04. The van der Waals surface area contributed by atoms with Crippen LogP contribution in [0.3, 0.4) is 0 Å². The first-order valence-electron chi connectivity index (χ1n) is 6.38. The Hall–Kier alpha value is -0.590. The van der Waals surface area contributed by atoms with Gasteiger partial charge in [-0.05, 0) is 28.8 Å². The van der Waals surface area contributed by atoms with Gasteiger partial charge in [0, 0.05) is 12.6 Å². The molecule has 1 amide bonds. The molecule has 1 saturated carbocycles. The maximum Gasteiger partial charge on any atom is 0.261 e. The first-order valence-corrected chi connectivity index (χ1v) is 7.99. The van der Waals surface area contributed by atoms with Crippen LogP contribution in [0.4, 0.5) is 0 Å². The van der Waals surface area contributed by atoms with Gasteiger partial charge in [-0.2, -0.15) is 0 Å². The third-order valence-electron chi connectivity index (χ3n) is 3.46. The number of nitrogens with one attached hydrogen (secondary N) is 1.